The van der Waals surface area contributed by atoms with E-state index < -0.39 is 0 Å². The normalized spacial score (nSPS) is 37.1. The first kappa shape index (κ1) is 12.3. The summed E-state index contributed by atoms with van der Waals surface area (Å²) in [6.45, 7) is 4.96. The molecule has 0 saturated carbocycles. The molecule has 2 saturated heterocycles. The second-order valence-electron chi connectivity index (χ2n) is 5.27. The van der Waals surface area contributed by atoms with Gasteiger partial charge in [-0.1, -0.05) is 0 Å². The maximum absolute atomic E-state index is 9.41. The second-order valence-corrected chi connectivity index (χ2v) is 5.27. The lowest BCUT2D eigenvalue weighted by Crippen LogP contribution is -2.49. The van der Waals surface area contributed by atoms with Crippen molar-refractivity contribution < 1.29 is 14.6 Å². The largest absolute Gasteiger partial charge is 0.392 e. The molecule has 0 aromatic carbocycles. The minimum absolute atomic E-state index is 0.0319. The van der Waals surface area contributed by atoms with Gasteiger partial charge in [0.1, 0.15) is 0 Å². The van der Waals surface area contributed by atoms with Gasteiger partial charge in [-0.25, -0.2) is 0 Å². The van der Waals surface area contributed by atoms with Gasteiger partial charge in [-0.15, -0.1) is 0 Å². The van der Waals surface area contributed by atoms with Crippen molar-refractivity contribution in [1.82, 2.24) is 4.90 Å². The highest BCUT2D eigenvalue weighted by Crippen LogP contribution is 2.34. The molecule has 16 heavy (non-hydrogen) atoms. The predicted molar refractivity (Wildman–Crippen MR) is 61.5 cm³/mol. The Hall–Kier alpha value is -0.160. The molecule has 2 heterocycles. The molecular weight excluding hydrogens is 206 g/mol. The van der Waals surface area contributed by atoms with E-state index in [1.807, 2.05) is 6.92 Å². The number of hydrogen-bond acceptors (Lipinski definition) is 4. The van der Waals surface area contributed by atoms with E-state index in [-0.39, 0.29) is 11.7 Å². The van der Waals surface area contributed by atoms with Gasteiger partial charge in [-0.2, -0.15) is 0 Å². The molecule has 4 heteroatoms. The van der Waals surface area contributed by atoms with E-state index in [2.05, 4.69) is 11.9 Å². The van der Waals surface area contributed by atoms with Gasteiger partial charge in [-0.3, -0.25) is 0 Å². The summed E-state index contributed by atoms with van der Waals surface area (Å²) < 4.78 is 11.4. The van der Waals surface area contributed by atoms with Crippen LogP contribution in [0.1, 0.15) is 26.2 Å². The predicted octanol–water partition coefficient (Wildman–Crippen LogP) is 0.637. The SMILES string of the molecule is CC(O)CN(C)C1CCOC2(CCOC2)C1. The Kier molecular flexibility index (Phi) is 3.85. The van der Waals surface area contributed by atoms with Crippen molar-refractivity contribution in [3.8, 4) is 0 Å². The summed E-state index contributed by atoms with van der Waals surface area (Å²) in [7, 11) is 2.09. The molecule has 2 fully saturated rings. The van der Waals surface area contributed by atoms with Crippen molar-refractivity contribution >= 4 is 0 Å². The van der Waals surface area contributed by atoms with Crippen molar-refractivity contribution in [2.45, 2.75) is 43.9 Å². The van der Waals surface area contributed by atoms with E-state index in [1.165, 1.54) is 0 Å². The van der Waals surface area contributed by atoms with Crippen LogP contribution in [0.15, 0.2) is 0 Å². The number of rotatable bonds is 3. The molecule has 4 nitrogen and oxygen atoms in total. The monoisotopic (exact) mass is 229 g/mol. The maximum atomic E-state index is 9.41. The highest BCUT2D eigenvalue weighted by atomic mass is 16.6. The van der Waals surface area contributed by atoms with Gasteiger partial charge in [0.15, 0.2) is 0 Å². The van der Waals surface area contributed by atoms with Gasteiger partial charge in [0.25, 0.3) is 0 Å². The summed E-state index contributed by atoms with van der Waals surface area (Å²) in [5, 5.41) is 9.41. The standard InChI is InChI=1S/C12H23NO3/c1-10(14)8-13(2)11-3-5-16-12(7-11)4-6-15-9-12/h10-11,14H,3-9H2,1-2H3. The van der Waals surface area contributed by atoms with Crippen LogP contribution in [0.5, 0.6) is 0 Å². The summed E-state index contributed by atoms with van der Waals surface area (Å²) >= 11 is 0. The molecule has 1 N–H and O–H groups in total. The van der Waals surface area contributed by atoms with Crippen molar-refractivity contribution in [2.75, 3.05) is 33.4 Å². The molecule has 0 aromatic heterocycles. The van der Waals surface area contributed by atoms with Crippen molar-refractivity contribution in [2.24, 2.45) is 0 Å². The summed E-state index contributed by atoms with van der Waals surface area (Å²) in [5.41, 5.74) is -0.0319. The highest BCUT2D eigenvalue weighted by molar-refractivity contribution is 4.93. The molecule has 1 spiro atoms. The fourth-order valence-corrected chi connectivity index (χ4v) is 2.81. The summed E-state index contributed by atoms with van der Waals surface area (Å²) in [5.74, 6) is 0. The maximum Gasteiger partial charge on any atom is 0.0951 e. The molecule has 0 aliphatic carbocycles. The number of ether oxygens (including phenoxy) is 2. The fraction of sp³-hybridized carbons (Fsp3) is 1.00. The average molecular weight is 229 g/mol. The molecule has 2 aliphatic heterocycles. The van der Waals surface area contributed by atoms with E-state index in [0.29, 0.717) is 6.04 Å². The summed E-state index contributed by atoms with van der Waals surface area (Å²) in [6.07, 6.45) is 2.86. The van der Waals surface area contributed by atoms with Crippen LogP contribution in [0.4, 0.5) is 0 Å². The van der Waals surface area contributed by atoms with E-state index in [1.54, 1.807) is 0 Å². The molecule has 0 radical (unpaired) electrons. The Morgan fingerprint density at radius 3 is 2.94 bits per heavy atom. The fourth-order valence-electron chi connectivity index (χ4n) is 2.81. The zero-order chi connectivity index (χ0) is 11.6. The Labute approximate surface area is 97.5 Å². The highest BCUT2D eigenvalue weighted by Gasteiger charge is 2.41. The Bertz CT molecular complexity index is 226. The van der Waals surface area contributed by atoms with E-state index in [0.717, 1.165) is 45.6 Å². The number of hydrogen-bond donors (Lipinski definition) is 1. The topological polar surface area (TPSA) is 41.9 Å². The minimum atomic E-state index is -0.261. The Morgan fingerprint density at radius 1 is 1.50 bits per heavy atom. The molecule has 3 atom stereocenters. The van der Waals surface area contributed by atoms with Gasteiger partial charge in [0.05, 0.1) is 18.3 Å². The molecule has 0 amide bonds. The first-order valence-corrected chi connectivity index (χ1v) is 6.21. The number of aliphatic hydroxyl groups is 1. The van der Waals surface area contributed by atoms with Crippen LogP contribution in [0.2, 0.25) is 0 Å². The number of nitrogens with zero attached hydrogens (tertiary/aromatic N) is 1. The molecular formula is C12H23NO3. The van der Waals surface area contributed by atoms with E-state index in [4.69, 9.17) is 9.47 Å². The van der Waals surface area contributed by atoms with Crippen molar-refractivity contribution in [1.29, 1.82) is 0 Å². The average Bonchev–Trinajstić information content (AvgIpc) is 2.65. The smallest absolute Gasteiger partial charge is 0.0951 e. The van der Waals surface area contributed by atoms with Crippen molar-refractivity contribution in [3.05, 3.63) is 0 Å². The summed E-state index contributed by atoms with van der Waals surface area (Å²) in [4.78, 5) is 2.26. The minimum Gasteiger partial charge on any atom is -0.392 e. The Morgan fingerprint density at radius 2 is 2.31 bits per heavy atom. The van der Waals surface area contributed by atoms with Crippen LogP contribution in [0, 0.1) is 0 Å². The van der Waals surface area contributed by atoms with Crippen LogP contribution < -0.4 is 0 Å². The van der Waals surface area contributed by atoms with E-state index >= 15 is 0 Å². The second kappa shape index (κ2) is 5.00. The zero-order valence-corrected chi connectivity index (χ0v) is 10.3. The molecule has 2 aliphatic rings. The molecule has 3 unspecified atom stereocenters. The molecule has 2 rings (SSSR count). The van der Waals surface area contributed by atoms with Crippen molar-refractivity contribution in [3.63, 3.8) is 0 Å². The summed E-state index contributed by atoms with van der Waals surface area (Å²) in [6, 6.07) is 0.519. The Balaban J connectivity index is 1.90. The van der Waals surface area contributed by atoms with Crippen LogP contribution in [0.25, 0.3) is 0 Å². The number of aliphatic hydroxyl groups excluding tert-OH is 1. The molecule has 94 valence electrons. The third-order valence-corrected chi connectivity index (χ3v) is 3.71. The molecule has 0 aromatic rings. The van der Waals surface area contributed by atoms with Crippen LogP contribution in [-0.4, -0.2) is 61.2 Å². The third kappa shape index (κ3) is 2.74. The lowest BCUT2D eigenvalue weighted by molar-refractivity contribution is -0.106. The number of likely N-dealkylation sites (N-methyl/N-ethyl adjacent to an activating group) is 1. The van der Waals surface area contributed by atoms with Crippen LogP contribution in [-0.2, 0) is 9.47 Å². The lowest BCUT2D eigenvalue weighted by Gasteiger charge is -2.41. The molecule has 0 bridgehead atoms. The van der Waals surface area contributed by atoms with E-state index in [9.17, 15) is 5.11 Å². The first-order valence-electron chi connectivity index (χ1n) is 6.21. The van der Waals surface area contributed by atoms with Gasteiger partial charge in [-0.05, 0) is 26.8 Å². The van der Waals surface area contributed by atoms with Crippen LogP contribution >= 0.6 is 0 Å². The third-order valence-electron chi connectivity index (χ3n) is 3.71. The van der Waals surface area contributed by atoms with Gasteiger partial charge in [0.2, 0.25) is 0 Å². The quantitative estimate of drug-likeness (QED) is 0.771. The zero-order valence-electron chi connectivity index (χ0n) is 10.3. The first-order chi connectivity index (χ1) is 7.61. The van der Waals surface area contributed by atoms with Crippen LogP contribution in [0.3, 0.4) is 0 Å². The lowest BCUT2D eigenvalue weighted by atomic mass is 9.89. The van der Waals surface area contributed by atoms with Gasteiger partial charge in [0, 0.05) is 32.2 Å². The van der Waals surface area contributed by atoms with Gasteiger partial charge >= 0.3 is 0 Å². The van der Waals surface area contributed by atoms with Gasteiger partial charge < -0.3 is 19.5 Å².